The standard InChI is InChI=1S/C15H20N6.ClH/c1-16-14-15(20-12-3-2-6-18-9-12)21-13(10-19-14)11-4-7-17-8-5-11;/h4-5,7-8,10,12,18H,2-3,6,9H2,1H3,(H,16,19)(H,20,21);1H. The first-order valence-electron chi connectivity index (χ1n) is 7.29. The van der Waals surface area contributed by atoms with Gasteiger partial charge in [0.2, 0.25) is 0 Å². The van der Waals surface area contributed by atoms with Crippen LogP contribution < -0.4 is 16.0 Å². The van der Waals surface area contributed by atoms with Gasteiger partial charge in [-0.25, -0.2) is 9.97 Å². The number of halogens is 1. The summed E-state index contributed by atoms with van der Waals surface area (Å²) in [5, 5.41) is 9.99. The average molecular weight is 321 g/mol. The van der Waals surface area contributed by atoms with E-state index in [1.165, 1.54) is 6.42 Å². The maximum absolute atomic E-state index is 4.72. The Morgan fingerprint density at radius 3 is 2.73 bits per heavy atom. The molecular weight excluding hydrogens is 300 g/mol. The molecule has 7 heteroatoms. The smallest absolute Gasteiger partial charge is 0.170 e. The van der Waals surface area contributed by atoms with Gasteiger partial charge in [-0.3, -0.25) is 4.98 Å². The van der Waals surface area contributed by atoms with E-state index in [9.17, 15) is 0 Å². The highest BCUT2D eigenvalue weighted by Gasteiger charge is 2.16. The quantitative estimate of drug-likeness (QED) is 0.801. The van der Waals surface area contributed by atoms with Crippen LogP contribution in [-0.2, 0) is 0 Å². The summed E-state index contributed by atoms with van der Waals surface area (Å²) in [5.41, 5.74) is 1.87. The lowest BCUT2D eigenvalue weighted by Gasteiger charge is -2.25. The molecule has 0 saturated carbocycles. The van der Waals surface area contributed by atoms with Gasteiger partial charge in [-0.15, -0.1) is 12.4 Å². The summed E-state index contributed by atoms with van der Waals surface area (Å²) in [7, 11) is 1.86. The number of hydrogen-bond donors (Lipinski definition) is 3. The molecule has 0 amide bonds. The SMILES string of the molecule is CNc1ncc(-c2ccncc2)nc1NC1CCCNC1.Cl. The monoisotopic (exact) mass is 320 g/mol. The Morgan fingerprint density at radius 1 is 1.23 bits per heavy atom. The summed E-state index contributed by atoms with van der Waals surface area (Å²) >= 11 is 0. The van der Waals surface area contributed by atoms with E-state index >= 15 is 0 Å². The van der Waals surface area contributed by atoms with Crippen molar-refractivity contribution in [2.45, 2.75) is 18.9 Å². The van der Waals surface area contributed by atoms with Crippen molar-refractivity contribution in [1.82, 2.24) is 20.3 Å². The molecular formula is C15H21ClN6. The molecule has 3 heterocycles. The molecule has 0 bridgehead atoms. The van der Waals surface area contributed by atoms with Crippen LogP contribution in [0.5, 0.6) is 0 Å². The number of nitrogens with one attached hydrogen (secondary N) is 3. The highest BCUT2D eigenvalue weighted by Crippen LogP contribution is 2.23. The molecule has 2 aromatic rings. The van der Waals surface area contributed by atoms with Crippen LogP contribution in [0.4, 0.5) is 11.6 Å². The van der Waals surface area contributed by atoms with Gasteiger partial charge in [-0.2, -0.15) is 0 Å². The fraction of sp³-hybridized carbons (Fsp3) is 0.400. The van der Waals surface area contributed by atoms with Crippen LogP contribution in [0.3, 0.4) is 0 Å². The van der Waals surface area contributed by atoms with Crippen molar-refractivity contribution >= 4 is 24.0 Å². The Kier molecular flexibility index (Phi) is 5.91. The zero-order valence-corrected chi connectivity index (χ0v) is 13.4. The van der Waals surface area contributed by atoms with Crippen molar-refractivity contribution in [1.29, 1.82) is 0 Å². The molecule has 3 N–H and O–H groups in total. The first-order chi connectivity index (χ1) is 10.4. The zero-order chi connectivity index (χ0) is 14.5. The minimum absolute atomic E-state index is 0. The molecule has 1 aliphatic heterocycles. The lowest BCUT2D eigenvalue weighted by atomic mass is 10.1. The van der Waals surface area contributed by atoms with Gasteiger partial charge >= 0.3 is 0 Å². The van der Waals surface area contributed by atoms with Crippen molar-refractivity contribution in [3.05, 3.63) is 30.7 Å². The van der Waals surface area contributed by atoms with Gasteiger partial charge in [0.1, 0.15) is 0 Å². The topological polar surface area (TPSA) is 74.8 Å². The fourth-order valence-corrected chi connectivity index (χ4v) is 2.50. The molecule has 6 nitrogen and oxygen atoms in total. The van der Waals surface area contributed by atoms with E-state index < -0.39 is 0 Å². The molecule has 0 aromatic carbocycles. The van der Waals surface area contributed by atoms with Crippen LogP contribution in [0.25, 0.3) is 11.3 Å². The van der Waals surface area contributed by atoms with Crippen LogP contribution in [0.1, 0.15) is 12.8 Å². The van der Waals surface area contributed by atoms with E-state index in [0.717, 1.165) is 42.4 Å². The second kappa shape index (κ2) is 7.91. The molecule has 1 aliphatic rings. The summed E-state index contributed by atoms with van der Waals surface area (Å²) in [5.74, 6) is 1.58. The number of nitrogens with zero attached hydrogens (tertiary/aromatic N) is 3. The fourth-order valence-electron chi connectivity index (χ4n) is 2.50. The average Bonchev–Trinajstić information content (AvgIpc) is 2.56. The van der Waals surface area contributed by atoms with Crippen LogP contribution in [-0.4, -0.2) is 41.1 Å². The second-order valence-electron chi connectivity index (χ2n) is 5.13. The number of hydrogen-bond acceptors (Lipinski definition) is 6. The summed E-state index contributed by atoms with van der Waals surface area (Å²) in [4.78, 5) is 13.2. The molecule has 0 aliphatic carbocycles. The van der Waals surface area contributed by atoms with E-state index in [-0.39, 0.29) is 12.4 Å². The first-order valence-corrected chi connectivity index (χ1v) is 7.29. The Hall–Kier alpha value is -1.92. The minimum Gasteiger partial charge on any atom is -0.370 e. The van der Waals surface area contributed by atoms with E-state index in [1.807, 2.05) is 19.2 Å². The largest absolute Gasteiger partial charge is 0.370 e. The van der Waals surface area contributed by atoms with Crippen molar-refractivity contribution in [2.24, 2.45) is 0 Å². The van der Waals surface area contributed by atoms with Gasteiger partial charge in [0.25, 0.3) is 0 Å². The molecule has 0 spiro atoms. The maximum atomic E-state index is 4.72. The van der Waals surface area contributed by atoms with Gasteiger partial charge < -0.3 is 16.0 Å². The van der Waals surface area contributed by atoms with Crippen molar-refractivity contribution in [2.75, 3.05) is 30.8 Å². The minimum atomic E-state index is 0. The van der Waals surface area contributed by atoms with Crippen molar-refractivity contribution in [3.8, 4) is 11.3 Å². The maximum Gasteiger partial charge on any atom is 0.170 e. The Labute approximate surface area is 136 Å². The van der Waals surface area contributed by atoms with E-state index in [0.29, 0.717) is 6.04 Å². The Bertz CT molecular complexity index is 586. The van der Waals surface area contributed by atoms with Crippen molar-refractivity contribution < 1.29 is 0 Å². The summed E-state index contributed by atoms with van der Waals surface area (Å²) in [6.45, 7) is 2.06. The van der Waals surface area contributed by atoms with Gasteiger partial charge in [-0.05, 0) is 31.5 Å². The Morgan fingerprint density at radius 2 is 2.05 bits per heavy atom. The first kappa shape index (κ1) is 16.5. The third-order valence-electron chi connectivity index (χ3n) is 3.62. The predicted molar refractivity (Wildman–Crippen MR) is 91.6 cm³/mol. The van der Waals surface area contributed by atoms with Crippen LogP contribution in [0.15, 0.2) is 30.7 Å². The number of anilines is 2. The molecule has 118 valence electrons. The van der Waals surface area contributed by atoms with Gasteiger partial charge in [0, 0.05) is 37.6 Å². The highest BCUT2D eigenvalue weighted by atomic mass is 35.5. The predicted octanol–water partition coefficient (Wildman–Crippen LogP) is 2.17. The Balaban J connectivity index is 0.00000176. The van der Waals surface area contributed by atoms with Gasteiger partial charge in [0.05, 0.1) is 11.9 Å². The molecule has 1 atom stereocenters. The van der Waals surface area contributed by atoms with Crippen molar-refractivity contribution in [3.63, 3.8) is 0 Å². The lowest BCUT2D eigenvalue weighted by Crippen LogP contribution is -2.38. The van der Waals surface area contributed by atoms with E-state index in [1.54, 1.807) is 18.6 Å². The number of pyridine rings is 1. The van der Waals surface area contributed by atoms with E-state index in [2.05, 4.69) is 25.9 Å². The molecule has 22 heavy (non-hydrogen) atoms. The summed E-state index contributed by atoms with van der Waals surface area (Å²) in [6, 6.07) is 4.28. The van der Waals surface area contributed by atoms with E-state index in [4.69, 9.17) is 4.98 Å². The number of piperidine rings is 1. The van der Waals surface area contributed by atoms with Crippen LogP contribution in [0, 0.1) is 0 Å². The molecule has 0 radical (unpaired) electrons. The number of rotatable bonds is 4. The second-order valence-corrected chi connectivity index (χ2v) is 5.13. The molecule has 3 rings (SSSR count). The summed E-state index contributed by atoms with van der Waals surface area (Å²) in [6.07, 6.45) is 7.65. The third kappa shape index (κ3) is 3.84. The summed E-state index contributed by atoms with van der Waals surface area (Å²) < 4.78 is 0. The zero-order valence-electron chi connectivity index (χ0n) is 12.5. The molecule has 1 fully saturated rings. The number of aromatic nitrogens is 3. The third-order valence-corrected chi connectivity index (χ3v) is 3.62. The molecule has 1 unspecified atom stereocenters. The van der Waals surface area contributed by atoms with Gasteiger partial charge in [-0.1, -0.05) is 0 Å². The normalized spacial score (nSPS) is 17.4. The van der Waals surface area contributed by atoms with Crippen LogP contribution in [0.2, 0.25) is 0 Å². The highest BCUT2D eigenvalue weighted by molar-refractivity contribution is 5.85. The van der Waals surface area contributed by atoms with Crippen LogP contribution >= 0.6 is 12.4 Å². The molecule has 2 aromatic heterocycles. The van der Waals surface area contributed by atoms with Gasteiger partial charge in [0.15, 0.2) is 11.6 Å². The lowest BCUT2D eigenvalue weighted by molar-refractivity contribution is 0.479. The molecule has 1 saturated heterocycles.